The molecule has 14 heteroatoms. The Labute approximate surface area is 230 Å². The van der Waals surface area contributed by atoms with E-state index in [9.17, 15) is 27.6 Å². The predicted octanol–water partition coefficient (Wildman–Crippen LogP) is 3.57. The van der Waals surface area contributed by atoms with Crippen LogP contribution in [0, 0.1) is 6.92 Å². The molecule has 1 N–H and O–H groups in total. The number of aryl methyl sites for hydroxylation is 1. The minimum absolute atomic E-state index is 0.112. The number of rotatable bonds is 5. The molecule has 2 aromatic heterocycles. The largest absolute Gasteiger partial charge is 0.435 e. The number of carbonyl (C=O) groups is 3. The summed E-state index contributed by atoms with van der Waals surface area (Å²) >= 11 is 1.47. The first-order valence-corrected chi connectivity index (χ1v) is 13.4. The number of nitrogens with one attached hydrogen (secondary N) is 1. The van der Waals surface area contributed by atoms with Gasteiger partial charge in [0.2, 0.25) is 5.91 Å². The summed E-state index contributed by atoms with van der Waals surface area (Å²) in [6, 6.07) is 7.55. The van der Waals surface area contributed by atoms with Gasteiger partial charge in [-0.25, -0.2) is 14.7 Å². The lowest BCUT2D eigenvalue weighted by molar-refractivity contribution is -0.142. The predicted molar refractivity (Wildman–Crippen MR) is 136 cm³/mol. The first-order valence-electron chi connectivity index (χ1n) is 12.6. The van der Waals surface area contributed by atoms with Crippen LogP contribution in [0.5, 0.6) is 0 Å². The fourth-order valence-electron chi connectivity index (χ4n) is 5.05. The summed E-state index contributed by atoms with van der Waals surface area (Å²) in [7, 11) is 0. The molecule has 6 rings (SSSR count). The molecule has 0 radical (unpaired) electrons. The van der Waals surface area contributed by atoms with Gasteiger partial charge in [-0.15, -0.1) is 11.3 Å². The van der Waals surface area contributed by atoms with Crippen LogP contribution in [0.3, 0.4) is 0 Å². The second kappa shape index (κ2) is 9.86. The van der Waals surface area contributed by atoms with E-state index < -0.39 is 29.9 Å². The van der Waals surface area contributed by atoms with Crippen molar-refractivity contribution < 1.29 is 32.4 Å². The minimum atomic E-state index is -4.56. The SMILES string of the molecule is Cc1cc(C(F)(F)F)nn1CC(=O)N1CCC(c2nc(C3=C[C@H](N4C(=O)c5ccccc5C4=O)ON3)cs2)CC1. The van der Waals surface area contributed by atoms with Crippen LogP contribution in [-0.4, -0.2) is 61.6 Å². The van der Waals surface area contributed by atoms with Crippen LogP contribution in [-0.2, 0) is 22.4 Å². The number of hydroxylamine groups is 1. The molecule has 3 aliphatic rings. The zero-order chi connectivity index (χ0) is 28.2. The summed E-state index contributed by atoms with van der Waals surface area (Å²) in [4.78, 5) is 51.2. The maximum absolute atomic E-state index is 12.9. The fraction of sp³-hybridized carbons (Fsp3) is 0.346. The molecular formula is C26H23F3N6O4S. The van der Waals surface area contributed by atoms with Crippen LogP contribution in [0.4, 0.5) is 13.2 Å². The number of aromatic nitrogens is 3. The number of halogens is 3. The number of benzene rings is 1. The number of thiazole rings is 1. The monoisotopic (exact) mass is 572 g/mol. The quantitative estimate of drug-likeness (QED) is 0.466. The molecule has 0 bridgehead atoms. The highest BCUT2D eigenvalue weighted by molar-refractivity contribution is 7.09. The van der Waals surface area contributed by atoms with Crippen molar-refractivity contribution in [3.05, 3.63) is 75.0 Å². The van der Waals surface area contributed by atoms with Crippen molar-refractivity contribution in [2.24, 2.45) is 0 Å². The third-order valence-corrected chi connectivity index (χ3v) is 8.24. The fourth-order valence-corrected chi connectivity index (χ4v) is 6.04. The van der Waals surface area contributed by atoms with E-state index >= 15 is 0 Å². The molecule has 3 aromatic rings. The number of alkyl halides is 3. The summed E-state index contributed by atoms with van der Waals surface area (Å²) in [5.41, 5.74) is 3.87. The lowest BCUT2D eigenvalue weighted by atomic mass is 9.97. The Kier molecular flexibility index (Phi) is 6.45. The first-order chi connectivity index (χ1) is 19.1. The van der Waals surface area contributed by atoms with Gasteiger partial charge in [-0.3, -0.25) is 24.5 Å². The van der Waals surface area contributed by atoms with Crippen LogP contribution in [0.15, 0.2) is 41.8 Å². The summed E-state index contributed by atoms with van der Waals surface area (Å²) in [5, 5.41) is 6.28. The van der Waals surface area contributed by atoms with Gasteiger partial charge in [0.15, 0.2) is 11.9 Å². The molecule has 3 aliphatic heterocycles. The molecule has 0 spiro atoms. The number of likely N-dealkylation sites (tertiary alicyclic amines) is 1. The van der Waals surface area contributed by atoms with Crippen LogP contribution < -0.4 is 5.48 Å². The lowest BCUT2D eigenvalue weighted by Crippen LogP contribution is -2.40. The molecule has 0 unspecified atom stereocenters. The number of nitrogens with zero attached hydrogens (tertiary/aromatic N) is 5. The van der Waals surface area contributed by atoms with E-state index in [0.717, 1.165) is 20.7 Å². The number of hydrogen-bond donors (Lipinski definition) is 1. The Morgan fingerprint density at radius 3 is 2.45 bits per heavy atom. The van der Waals surface area contributed by atoms with Crippen LogP contribution >= 0.6 is 11.3 Å². The average Bonchev–Trinajstić information content (AvgIpc) is 3.72. The van der Waals surface area contributed by atoms with Gasteiger partial charge in [-0.1, -0.05) is 12.1 Å². The Morgan fingerprint density at radius 2 is 1.82 bits per heavy atom. The van der Waals surface area contributed by atoms with Crippen LogP contribution in [0.1, 0.15) is 61.6 Å². The van der Waals surface area contributed by atoms with E-state index in [2.05, 4.69) is 10.6 Å². The minimum Gasteiger partial charge on any atom is -0.341 e. The third kappa shape index (κ3) is 4.66. The molecule has 10 nitrogen and oxygen atoms in total. The molecule has 0 aliphatic carbocycles. The van der Waals surface area contributed by atoms with Gasteiger partial charge in [0.1, 0.15) is 6.54 Å². The number of fused-ring (bicyclic) bond motifs is 1. The van der Waals surface area contributed by atoms with Crippen LogP contribution in [0.2, 0.25) is 0 Å². The molecule has 0 saturated carbocycles. The standard InChI is InChI=1S/C26H23F3N6O4S/c1-14-10-20(26(27,28)29)31-34(14)12-21(36)33-8-6-15(7-9-33)23-30-19(13-40-23)18-11-22(39-32-18)35-24(37)16-4-2-3-5-17(16)25(35)38/h2-5,10-11,13,15,22,32H,6-9,12H2,1H3/t22-/m1/s1. The summed E-state index contributed by atoms with van der Waals surface area (Å²) < 4.78 is 39.9. The molecule has 1 atom stereocenters. The van der Waals surface area contributed by atoms with Gasteiger partial charge in [0.25, 0.3) is 11.8 Å². The number of hydrogen-bond acceptors (Lipinski definition) is 8. The van der Waals surface area contributed by atoms with E-state index in [1.807, 2.05) is 5.38 Å². The maximum Gasteiger partial charge on any atom is 0.435 e. The number of piperidine rings is 1. The summed E-state index contributed by atoms with van der Waals surface area (Å²) in [5.74, 6) is -1.02. The van der Waals surface area contributed by atoms with Crippen molar-refractivity contribution in [1.82, 2.24) is 30.0 Å². The molecular weight excluding hydrogens is 549 g/mol. The van der Waals surface area contributed by atoms with Gasteiger partial charge in [-0.05, 0) is 44.0 Å². The van der Waals surface area contributed by atoms with Crippen molar-refractivity contribution in [2.75, 3.05) is 13.1 Å². The number of amides is 3. The van der Waals surface area contributed by atoms with Crippen LogP contribution in [0.25, 0.3) is 5.70 Å². The van der Waals surface area contributed by atoms with Crippen molar-refractivity contribution in [3.63, 3.8) is 0 Å². The summed E-state index contributed by atoms with van der Waals surface area (Å²) in [6.07, 6.45) is -2.51. The topological polar surface area (TPSA) is 110 Å². The zero-order valence-corrected chi connectivity index (χ0v) is 22.0. The maximum atomic E-state index is 12.9. The van der Waals surface area contributed by atoms with Crippen molar-refractivity contribution >= 4 is 34.8 Å². The Balaban J connectivity index is 1.06. The highest BCUT2D eigenvalue weighted by Gasteiger charge is 2.42. The molecule has 1 saturated heterocycles. The van der Waals surface area contributed by atoms with Gasteiger partial charge >= 0.3 is 6.18 Å². The van der Waals surface area contributed by atoms with Gasteiger partial charge in [0.05, 0.1) is 27.5 Å². The molecule has 40 heavy (non-hydrogen) atoms. The molecule has 5 heterocycles. The Bertz CT molecular complexity index is 1500. The molecule has 208 valence electrons. The first kappa shape index (κ1) is 26.2. The molecule has 3 amide bonds. The van der Waals surface area contributed by atoms with E-state index in [1.54, 1.807) is 35.2 Å². The van der Waals surface area contributed by atoms with Crippen molar-refractivity contribution in [3.8, 4) is 0 Å². The van der Waals surface area contributed by atoms with Crippen molar-refractivity contribution in [1.29, 1.82) is 0 Å². The third-order valence-electron chi connectivity index (χ3n) is 7.23. The highest BCUT2D eigenvalue weighted by atomic mass is 32.1. The molecule has 1 aromatic carbocycles. The zero-order valence-electron chi connectivity index (χ0n) is 21.1. The highest BCUT2D eigenvalue weighted by Crippen LogP contribution is 2.34. The molecule has 1 fully saturated rings. The van der Waals surface area contributed by atoms with Gasteiger partial charge < -0.3 is 4.90 Å². The van der Waals surface area contributed by atoms with E-state index in [-0.39, 0.29) is 24.1 Å². The number of carbonyl (C=O) groups excluding carboxylic acids is 3. The van der Waals surface area contributed by atoms with Crippen molar-refractivity contribution in [2.45, 2.75) is 44.6 Å². The lowest BCUT2D eigenvalue weighted by Gasteiger charge is -2.31. The second-order valence-corrected chi connectivity index (χ2v) is 10.7. The normalized spacial score (nSPS) is 19.7. The Hall–Kier alpha value is -4.04. The number of imide groups is 1. The Morgan fingerprint density at radius 1 is 1.15 bits per heavy atom. The van der Waals surface area contributed by atoms with Gasteiger partial charge in [-0.2, -0.15) is 18.3 Å². The van der Waals surface area contributed by atoms with E-state index in [4.69, 9.17) is 9.82 Å². The summed E-state index contributed by atoms with van der Waals surface area (Å²) in [6.45, 7) is 2.15. The van der Waals surface area contributed by atoms with E-state index in [1.165, 1.54) is 18.3 Å². The second-order valence-electron chi connectivity index (χ2n) is 9.77. The average molecular weight is 573 g/mol. The smallest absolute Gasteiger partial charge is 0.341 e. The van der Waals surface area contributed by atoms with Gasteiger partial charge in [0, 0.05) is 30.1 Å². The van der Waals surface area contributed by atoms with E-state index in [0.29, 0.717) is 48.4 Å².